The van der Waals surface area contributed by atoms with Gasteiger partial charge in [0, 0.05) is 18.0 Å². The molecule has 1 saturated carbocycles. The lowest BCUT2D eigenvalue weighted by atomic mass is 10.1. The fourth-order valence-electron chi connectivity index (χ4n) is 2.04. The van der Waals surface area contributed by atoms with Crippen molar-refractivity contribution < 1.29 is 8.94 Å². The third-order valence-corrected chi connectivity index (χ3v) is 5.46. The molecule has 2 heterocycles. The van der Waals surface area contributed by atoms with Gasteiger partial charge in [-0.05, 0) is 55.6 Å². The molecule has 3 rings (SSSR count). The highest BCUT2D eigenvalue weighted by molar-refractivity contribution is 9.10. The van der Waals surface area contributed by atoms with Crippen LogP contribution in [0.4, 0.5) is 4.39 Å². The van der Waals surface area contributed by atoms with Gasteiger partial charge in [-0.25, -0.2) is 9.37 Å². The van der Waals surface area contributed by atoms with Crippen LogP contribution in [0.3, 0.4) is 0 Å². The first-order valence-corrected chi connectivity index (χ1v) is 8.93. The van der Waals surface area contributed by atoms with Gasteiger partial charge in [0.15, 0.2) is 5.65 Å². The zero-order chi connectivity index (χ0) is 16.1. The molecule has 1 aliphatic rings. The molecule has 1 aliphatic carbocycles. The van der Waals surface area contributed by atoms with Gasteiger partial charge in [0.05, 0.1) is 4.47 Å². The number of pyridine rings is 1. The van der Waals surface area contributed by atoms with Crippen LogP contribution in [0.15, 0.2) is 27.3 Å². The van der Waals surface area contributed by atoms with E-state index in [0.29, 0.717) is 29.7 Å². The van der Waals surface area contributed by atoms with Crippen LogP contribution >= 0.6 is 15.9 Å². The standard InChI is InChI=1S/C15H17BrFN3OS/c1-14(2,3)22(21)18-7-11-9-20-8-10(15(17)4-5-15)6-12(16)13(20)19-11/h6-9H,4-5H2,1-3H3/b18-7+. The van der Waals surface area contributed by atoms with Gasteiger partial charge in [-0.3, -0.25) is 0 Å². The van der Waals surface area contributed by atoms with Gasteiger partial charge in [-0.2, -0.15) is 0 Å². The Labute approximate surface area is 140 Å². The number of fused-ring (bicyclic) bond motifs is 1. The molecule has 0 amide bonds. The van der Waals surface area contributed by atoms with E-state index in [-0.39, 0.29) is 0 Å². The molecule has 0 radical (unpaired) electrons. The molecule has 1 fully saturated rings. The largest absolute Gasteiger partial charge is 0.591 e. The topological polar surface area (TPSA) is 52.7 Å². The molecule has 0 bridgehead atoms. The van der Waals surface area contributed by atoms with E-state index in [4.69, 9.17) is 0 Å². The fraction of sp³-hybridized carbons (Fsp3) is 0.467. The van der Waals surface area contributed by atoms with Gasteiger partial charge >= 0.3 is 0 Å². The Hall–Kier alpha value is -0.920. The van der Waals surface area contributed by atoms with Gasteiger partial charge in [-0.15, -0.1) is 0 Å². The summed E-state index contributed by atoms with van der Waals surface area (Å²) in [6.07, 6.45) is 6.16. The van der Waals surface area contributed by atoms with Crippen molar-refractivity contribution >= 4 is 39.2 Å². The molecule has 0 spiro atoms. The fourth-order valence-corrected chi connectivity index (χ4v) is 3.10. The second-order valence-electron chi connectivity index (χ2n) is 6.53. The maximum absolute atomic E-state index is 14.2. The molecule has 2 aromatic rings. The van der Waals surface area contributed by atoms with Gasteiger partial charge in [0.2, 0.25) is 0 Å². The Kier molecular flexibility index (Phi) is 3.86. The van der Waals surface area contributed by atoms with E-state index in [2.05, 4.69) is 25.3 Å². The van der Waals surface area contributed by atoms with Gasteiger partial charge in [0.1, 0.15) is 33.7 Å². The third kappa shape index (κ3) is 3.07. The summed E-state index contributed by atoms with van der Waals surface area (Å²) < 4.78 is 32.3. The number of nitrogens with zero attached hydrogens (tertiary/aromatic N) is 3. The number of hydrogen-bond donors (Lipinski definition) is 0. The van der Waals surface area contributed by atoms with Crippen molar-refractivity contribution in [2.24, 2.45) is 4.40 Å². The van der Waals surface area contributed by atoms with Crippen molar-refractivity contribution in [1.82, 2.24) is 9.38 Å². The van der Waals surface area contributed by atoms with Crippen molar-refractivity contribution in [2.75, 3.05) is 0 Å². The van der Waals surface area contributed by atoms with Crippen LogP contribution < -0.4 is 0 Å². The third-order valence-electron chi connectivity index (χ3n) is 3.54. The van der Waals surface area contributed by atoms with E-state index in [1.807, 2.05) is 20.8 Å². The monoisotopic (exact) mass is 385 g/mol. The summed E-state index contributed by atoms with van der Waals surface area (Å²) >= 11 is 2.11. The van der Waals surface area contributed by atoms with E-state index in [1.165, 1.54) is 6.21 Å². The minimum atomic E-state index is -1.32. The van der Waals surface area contributed by atoms with E-state index in [1.54, 1.807) is 22.9 Å². The van der Waals surface area contributed by atoms with Gasteiger partial charge < -0.3 is 8.95 Å². The van der Waals surface area contributed by atoms with Crippen molar-refractivity contribution in [3.05, 3.63) is 34.2 Å². The predicted molar refractivity (Wildman–Crippen MR) is 90.4 cm³/mol. The molecular weight excluding hydrogens is 369 g/mol. The SMILES string of the molecule is CC(C)(C)[S+]([O-])/N=C/c1cn2cc(C3(F)CC3)cc(Br)c2n1. The Morgan fingerprint density at radius 1 is 1.45 bits per heavy atom. The minimum absolute atomic E-state index is 0.407. The lowest BCUT2D eigenvalue weighted by Crippen LogP contribution is -2.25. The average Bonchev–Trinajstić information content (AvgIpc) is 3.03. The van der Waals surface area contributed by atoms with Crippen molar-refractivity contribution in [3.8, 4) is 0 Å². The Morgan fingerprint density at radius 3 is 2.73 bits per heavy atom. The van der Waals surface area contributed by atoms with Crippen LogP contribution in [0.25, 0.3) is 5.65 Å². The molecule has 7 heteroatoms. The quantitative estimate of drug-likeness (QED) is 0.593. The molecule has 1 atom stereocenters. The van der Waals surface area contributed by atoms with Crippen LogP contribution in [0.2, 0.25) is 0 Å². The smallest absolute Gasteiger partial charge is 0.151 e. The van der Waals surface area contributed by atoms with E-state index in [0.717, 1.165) is 4.47 Å². The summed E-state index contributed by atoms with van der Waals surface area (Å²) in [6, 6.07) is 1.78. The molecule has 1 unspecified atom stereocenters. The summed E-state index contributed by atoms with van der Waals surface area (Å²) in [7, 11) is 0. The highest BCUT2D eigenvalue weighted by Crippen LogP contribution is 2.50. The van der Waals surface area contributed by atoms with Crippen LogP contribution in [0.5, 0.6) is 0 Å². The summed E-state index contributed by atoms with van der Waals surface area (Å²) in [5.41, 5.74) is 0.754. The Bertz CT molecular complexity index is 749. The molecule has 118 valence electrons. The minimum Gasteiger partial charge on any atom is -0.591 e. The van der Waals surface area contributed by atoms with Crippen LogP contribution in [0.1, 0.15) is 44.9 Å². The zero-order valence-corrected chi connectivity index (χ0v) is 15.0. The summed E-state index contributed by atoms with van der Waals surface area (Å²) in [6.45, 7) is 5.59. The highest BCUT2D eigenvalue weighted by atomic mass is 79.9. The summed E-state index contributed by atoms with van der Waals surface area (Å²) in [4.78, 5) is 4.42. The van der Waals surface area contributed by atoms with Crippen molar-refractivity contribution in [2.45, 2.75) is 44.0 Å². The lowest BCUT2D eigenvalue weighted by molar-refractivity contribution is 0.316. The molecule has 0 aromatic carbocycles. The maximum atomic E-state index is 14.2. The normalized spacial score (nSPS) is 19.0. The molecule has 0 saturated heterocycles. The van der Waals surface area contributed by atoms with Crippen LogP contribution in [0, 0.1) is 0 Å². The molecule has 4 nitrogen and oxygen atoms in total. The summed E-state index contributed by atoms with van der Waals surface area (Å²) in [5.74, 6) is 0. The van der Waals surface area contributed by atoms with Crippen molar-refractivity contribution in [3.63, 3.8) is 0 Å². The average molecular weight is 386 g/mol. The van der Waals surface area contributed by atoms with E-state index < -0.39 is 21.8 Å². The first-order valence-electron chi connectivity index (χ1n) is 7.03. The van der Waals surface area contributed by atoms with E-state index >= 15 is 0 Å². The number of aromatic nitrogens is 2. The van der Waals surface area contributed by atoms with Crippen LogP contribution in [-0.4, -0.2) is 24.9 Å². The second-order valence-corrected chi connectivity index (χ2v) is 9.32. The molecule has 0 N–H and O–H groups in total. The molecule has 22 heavy (non-hydrogen) atoms. The van der Waals surface area contributed by atoms with Gasteiger partial charge in [0.25, 0.3) is 0 Å². The first kappa shape index (κ1) is 16.0. The maximum Gasteiger partial charge on any atom is 0.151 e. The van der Waals surface area contributed by atoms with E-state index in [9.17, 15) is 8.94 Å². The number of halogens is 2. The molecule has 2 aromatic heterocycles. The molecular formula is C15H17BrFN3OS. The van der Waals surface area contributed by atoms with Crippen LogP contribution in [-0.2, 0) is 17.0 Å². The Balaban J connectivity index is 1.93. The number of hydrogen-bond acceptors (Lipinski definition) is 3. The molecule has 0 aliphatic heterocycles. The predicted octanol–water partition coefficient (Wildman–Crippen LogP) is 3.94. The zero-order valence-electron chi connectivity index (χ0n) is 12.6. The van der Waals surface area contributed by atoms with Gasteiger partial charge in [-0.1, -0.05) is 4.40 Å². The van der Waals surface area contributed by atoms with Crippen molar-refractivity contribution in [1.29, 1.82) is 0 Å². The Morgan fingerprint density at radius 2 is 2.14 bits per heavy atom. The number of imidazole rings is 1. The number of alkyl halides is 1. The first-order chi connectivity index (χ1) is 10.2. The number of rotatable bonds is 3. The summed E-state index contributed by atoms with van der Waals surface area (Å²) in [5, 5.41) is 0. The lowest BCUT2D eigenvalue weighted by Gasteiger charge is -2.17. The highest BCUT2D eigenvalue weighted by Gasteiger charge is 2.45. The second kappa shape index (κ2) is 5.32.